The molecule has 4 N–H and O–H groups in total. The Kier molecular flexibility index (Phi) is 12.2. The molecule has 0 radical (unpaired) electrons. The molecule has 39 heavy (non-hydrogen) atoms. The third-order valence-electron chi connectivity index (χ3n) is 6.79. The maximum Gasteiger partial charge on any atom is 0.243 e. The molecule has 2 aromatic rings. The molecule has 0 aliphatic carbocycles. The Hall–Kier alpha value is -2.68. The second-order valence-corrected chi connectivity index (χ2v) is 11.8. The quantitative estimate of drug-likeness (QED) is 0.338. The average molecular weight is 561 g/mol. The van der Waals surface area contributed by atoms with E-state index in [2.05, 4.69) is 29.8 Å². The third-order valence-corrected chi connectivity index (χ3v) is 6.79. The van der Waals surface area contributed by atoms with E-state index in [1.807, 2.05) is 63.2 Å². The van der Waals surface area contributed by atoms with Crippen molar-refractivity contribution in [3.8, 4) is 0 Å². The Morgan fingerprint density at radius 1 is 1.03 bits per heavy atom. The number of carbonyl (C=O) groups is 3. The summed E-state index contributed by atoms with van der Waals surface area (Å²) in [6, 6.07) is 12.5. The van der Waals surface area contributed by atoms with Gasteiger partial charge in [-0.15, -0.1) is 12.4 Å². The summed E-state index contributed by atoms with van der Waals surface area (Å²) in [6.45, 7) is 11.5. The van der Waals surface area contributed by atoms with E-state index < -0.39 is 23.6 Å². The van der Waals surface area contributed by atoms with Gasteiger partial charge in [0.2, 0.25) is 17.7 Å². The molecule has 0 saturated carbocycles. The number of halogens is 1. The zero-order valence-electron chi connectivity index (χ0n) is 23.8. The van der Waals surface area contributed by atoms with E-state index in [0.717, 1.165) is 29.3 Å². The van der Waals surface area contributed by atoms with Gasteiger partial charge in [0.05, 0.1) is 6.10 Å². The Balaban J connectivity index is 0.00000533. The standard InChI is InChI=1S/C30H44N4O4.ClH/c1-20(2)17-31-18-24(35)19-32-27(36)25(16-21-12-13-22-9-6-7-10-23(22)15-21)33-28(37)26-11-8-14-34(26)29(38)30(3,4)5;/h6-7,9-10,12-13,15,20,24-26,31,35H,8,11,14,16-19H2,1-5H3,(H,32,36)(H,33,37);1H/t24?,25-,26?;/m1./s1. The van der Waals surface area contributed by atoms with Crippen LogP contribution in [0.15, 0.2) is 42.5 Å². The van der Waals surface area contributed by atoms with E-state index in [4.69, 9.17) is 0 Å². The van der Waals surface area contributed by atoms with Crippen LogP contribution in [0.2, 0.25) is 0 Å². The molecular formula is C30H45ClN4O4. The van der Waals surface area contributed by atoms with Crippen LogP contribution < -0.4 is 16.0 Å². The highest BCUT2D eigenvalue weighted by Gasteiger charge is 2.39. The van der Waals surface area contributed by atoms with Gasteiger partial charge in [0, 0.05) is 31.5 Å². The van der Waals surface area contributed by atoms with Crippen molar-refractivity contribution >= 4 is 40.9 Å². The van der Waals surface area contributed by atoms with Gasteiger partial charge in [-0.05, 0) is 41.6 Å². The lowest BCUT2D eigenvalue weighted by molar-refractivity contribution is -0.145. The molecule has 1 aliphatic heterocycles. The van der Waals surface area contributed by atoms with Crippen LogP contribution in [0, 0.1) is 11.3 Å². The van der Waals surface area contributed by atoms with Crippen LogP contribution in [-0.2, 0) is 20.8 Å². The van der Waals surface area contributed by atoms with E-state index in [-0.39, 0.29) is 36.7 Å². The van der Waals surface area contributed by atoms with Crippen LogP contribution in [0.4, 0.5) is 0 Å². The maximum atomic E-state index is 13.4. The van der Waals surface area contributed by atoms with E-state index in [1.54, 1.807) is 4.90 Å². The fourth-order valence-electron chi connectivity index (χ4n) is 4.74. The molecule has 3 rings (SSSR count). The molecule has 2 aromatic carbocycles. The summed E-state index contributed by atoms with van der Waals surface area (Å²) in [6.07, 6.45) is 0.864. The van der Waals surface area contributed by atoms with Crippen molar-refractivity contribution in [3.05, 3.63) is 48.0 Å². The summed E-state index contributed by atoms with van der Waals surface area (Å²) in [5.41, 5.74) is 0.321. The van der Waals surface area contributed by atoms with Crippen LogP contribution in [0.5, 0.6) is 0 Å². The van der Waals surface area contributed by atoms with E-state index in [0.29, 0.717) is 31.8 Å². The largest absolute Gasteiger partial charge is 0.390 e. The van der Waals surface area contributed by atoms with Crippen molar-refractivity contribution < 1.29 is 19.5 Å². The molecule has 0 aromatic heterocycles. The molecule has 3 amide bonds. The van der Waals surface area contributed by atoms with Gasteiger partial charge in [-0.3, -0.25) is 14.4 Å². The van der Waals surface area contributed by atoms with Crippen LogP contribution in [0.1, 0.15) is 53.0 Å². The number of carbonyl (C=O) groups excluding carboxylic acids is 3. The second kappa shape index (κ2) is 14.6. The molecule has 1 heterocycles. The highest BCUT2D eigenvalue weighted by Crippen LogP contribution is 2.26. The molecule has 9 heteroatoms. The number of aliphatic hydroxyl groups is 1. The molecule has 1 aliphatic rings. The Labute approximate surface area is 238 Å². The lowest BCUT2D eigenvalue weighted by Gasteiger charge is -2.31. The normalized spacial score (nSPS) is 17.0. The number of benzene rings is 2. The number of fused-ring (bicyclic) bond motifs is 1. The molecule has 216 valence electrons. The molecule has 1 saturated heterocycles. The lowest BCUT2D eigenvalue weighted by Crippen LogP contribution is -2.55. The highest BCUT2D eigenvalue weighted by molar-refractivity contribution is 5.93. The van der Waals surface area contributed by atoms with Gasteiger partial charge in [-0.1, -0.05) is 77.1 Å². The maximum absolute atomic E-state index is 13.4. The number of nitrogens with zero attached hydrogens (tertiary/aromatic N) is 1. The predicted molar refractivity (Wildman–Crippen MR) is 158 cm³/mol. The summed E-state index contributed by atoms with van der Waals surface area (Å²) >= 11 is 0. The zero-order chi connectivity index (χ0) is 27.9. The Bertz CT molecular complexity index is 1120. The third kappa shape index (κ3) is 9.48. The van der Waals surface area contributed by atoms with E-state index in [1.165, 1.54) is 0 Å². The molecule has 0 bridgehead atoms. The van der Waals surface area contributed by atoms with Gasteiger partial charge < -0.3 is 26.0 Å². The first-order valence-corrected chi connectivity index (χ1v) is 13.7. The minimum absolute atomic E-state index is 0. The Morgan fingerprint density at radius 2 is 1.72 bits per heavy atom. The van der Waals surface area contributed by atoms with Gasteiger partial charge in [-0.2, -0.15) is 0 Å². The molecule has 3 atom stereocenters. The summed E-state index contributed by atoms with van der Waals surface area (Å²) in [7, 11) is 0. The number of hydrogen-bond acceptors (Lipinski definition) is 5. The molecule has 8 nitrogen and oxygen atoms in total. The Morgan fingerprint density at radius 3 is 2.38 bits per heavy atom. The summed E-state index contributed by atoms with van der Waals surface area (Å²) in [5, 5.41) is 21.4. The molecular weight excluding hydrogens is 516 g/mol. The van der Waals surface area contributed by atoms with E-state index in [9.17, 15) is 19.5 Å². The summed E-state index contributed by atoms with van der Waals surface area (Å²) in [5.74, 6) is -0.289. The summed E-state index contributed by atoms with van der Waals surface area (Å²) in [4.78, 5) is 41.3. The molecule has 1 fully saturated rings. The average Bonchev–Trinajstić information content (AvgIpc) is 3.35. The van der Waals surface area contributed by atoms with Crippen LogP contribution >= 0.6 is 12.4 Å². The molecule has 2 unspecified atom stereocenters. The first kappa shape index (κ1) is 32.5. The minimum Gasteiger partial charge on any atom is -0.390 e. The van der Waals surface area contributed by atoms with Crippen molar-refractivity contribution in [2.45, 2.75) is 72.1 Å². The van der Waals surface area contributed by atoms with Gasteiger partial charge >= 0.3 is 0 Å². The van der Waals surface area contributed by atoms with Gasteiger partial charge in [0.15, 0.2) is 0 Å². The first-order chi connectivity index (χ1) is 18.0. The smallest absolute Gasteiger partial charge is 0.243 e. The van der Waals surface area contributed by atoms with Gasteiger partial charge in [-0.25, -0.2) is 0 Å². The number of likely N-dealkylation sites (tertiary alicyclic amines) is 1. The van der Waals surface area contributed by atoms with Gasteiger partial charge in [0.1, 0.15) is 12.1 Å². The van der Waals surface area contributed by atoms with Crippen molar-refractivity contribution in [2.24, 2.45) is 11.3 Å². The number of nitrogens with one attached hydrogen (secondary N) is 3. The van der Waals surface area contributed by atoms with E-state index >= 15 is 0 Å². The first-order valence-electron chi connectivity index (χ1n) is 13.7. The van der Waals surface area contributed by atoms with Crippen molar-refractivity contribution in [1.29, 1.82) is 0 Å². The topological polar surface area (TPSA) is 111 Å². The van der Waals surface area contributed by atoms with Crippen LogP contribution in [0.25, 0.3) is 10.8 Å². The van der Waals surface area contributed by atoms with Crippen molar-refractivity contribution in [1.82, 2.24) is 20.9 Å². The van der Waals surface area contributed by atoms with Crippen molar-refractivity contribution in [2.75, 3.05) is 26.2 Å². The van der Waals surface area contributed by atoms with Gasteiger partial charge in [0.25, 0.3) is 0 Å². The number of amides is 3. The minimum atomic E-state index is -0.841. The lowest BCUT2D eigenvalue weighted by atomic mass is 9.94. The second-order valence-electron chi connectivity index (χ2n) is 11.8. The predicted octanol–water partition coefficient (Wildman–Crippen LogP) is 3.05. The fourth-order valence-corrected chi connectivity index (χ4v) is 4.74. The zero-order valence-corrected chi connectivity index (χ0v) is 24.6. The van der Waals surface area contributed by atoms with Crippen molar-refractivity contribution in [3.63, 3.8) is 0 Å². The monoisotopic (exact) mass is 560 g/mol. The summed E-state index contributed by atoms with van der Waals surface area (Å²) < 4.78 is 0. The number of rotatable bonds is 11. The number of hydrogen-bond donors (Lipinski definition) is 4. The molecule has 0 spiro atoms. The highest BCUT2D eigenvalue weighted by atomic mass is 35.5. The fraction of sp³-hybridized carbons (Fsp3) is 0.567. The number of aliphatic hydroxyl groups excluding tert-OH is 1. The van der Waals surface area contributed by atoms with Crippen LogP contribution in [0.3, 0.4) is 0 Å². The van der Waals surface area contributed by atoms with Crippen LogP contribution in [-0.4, -0.2) is 72.1 Å². The SMILES string of the molecule is CC(C)CNCC(O)CNC(=O)[C@@H](Cc1ccc2ccccc2c1)NC(=O)C1CCCN1C(=O)C(C)(C)C.Cl.